The van der Waals surface area contributed by atoms with Gasteiger partial charge in [-0.1, -0.05) is 35.4 Å². The largest absolute Gasteiger partial charge is 0.489 e. The van der Waals surface area contributed by atoms with E-state index in [4.69, 9.17) is 16.3 Å². The lowest BCUT2D eigenvalue weighted by atomic mass is 10.2. The molecule has 1 N–H and O–H groups in total. The summed E-state index contributed by atoms with van der Waals surface area (Å²) in [6, 6.07) is 12.4. The average Bonchev–Trinajstić information content (AvgIpc) is 2.93. The molecule has 0 saturated carbocycles. The second-order valence-electron chi connectivity index (χ2n) is 7.04. The number of nitrogens with zero attached hydrogens (tertiary/aromatic N) is 1. The highest BCUT2D eigenvalue weighted by molar-refractivity contribution is 8.18. The molecule has 0 aliphatic carbocycles. The molecule has 30 heavy (non-hydrogen) atoms. The number of thioether (sulfide) groups is 1. The van der Waals surface area contributed by atoms with Gasteiger partial charge in [0.2, 0.25) is 5.91 Å². The summed E-state index contributed by atoms with van der Waals surface area (Å²) < 4.78 is 5.59. The zero-order chi connectivity index (χ0) is 21.8. The van der Waals surface area contributed by atoms with Crippen molar-refractivity contribution in [3.8, 4) is 5.75 Å². The SMILES string of the molecule is Cc1ccc(NC(=O)CN2C(=O)SC(=Cc3ccc(OC(C)C)c(Cl)c3)C2=O)cc1. The Morgan fingerprint density at radius 3 is 2.53 bits per heavy atom. The van der Waals surface area contributed by atoms with E-state index in [-0.39, 0.29) is 17.6 Å². The van der Waals surface area contributed by atoms with E-state index < -0.39 is 17.1 Å². The van der Waals surface area contributed by atoms with Crippen LogP contribution in [0, 0.1) is 6.92 Å². The first-order chi connectivity index (χ1) is 14.2. The summed E-state index contributed by atoms with van der Waals surface area (Å²) in [6.45, 7) is 5.39. The van der Waals surface area contributed by atoms with Crippen LogP contribution in [0.25, 0.3) is 6.08 Å². The normalized spacial score (nSPS) is 15.2. The van der Waals surface area contributed by atoms with Crippen LogP contribution in [-0.4, -0.2) is 34.6 Å². The molecule has 0 unspecified atom stereocenters. The van der Waals surface area contributed by atoms with Crippen molar-refractivity contribution in [3.05, 3.63) is 63.5 Å². The number of rotatable bonds is 6. The van der Waals surface area contributed by atoms with Gasteiger partial charge in [0.15, 0.2) is 0 Å². The molecule has 3 amide bonds. The minimum absolute atomic E-state index is 0.0177. The number of carbonyl (C=O) groups is 3. The van der Waals surface area contributed by atoms with Gasteiger partial charge in [-0.25, -0.2) is 0 Å². The van der Waals surface area contributed by atoms with Gasteiger partial charge in [-0.05, 0) is 68.4 Å². The van der Waals surface area contributed by atoms with Gasteiger partial charge in [0.1, 0.15) is 12.3 Å². The maximum Gasteiger partial charge on any atom is 0.294 e. The summed E-state index contributed by atoms with van der Waals surface area (Å²) in [7, 11) is 0. The number of hydrogen-bond acceptors (Lipinski definition) is 5. The van der Waals surface area contributed by atoms with Crippen LogP contribution in [0.15, 0.2) is 47.4 Å². The number of nitrogens with one attached hydrogen (secondary N) is 1. The van der Waals surface area contributed by atoms with Gasteiger partial charge in [-0.2, -0.15) is 0 Å². The Kier molecular flexibility index (Phi) is 6.84. The Bertz CT molecular complexity index is 1020. The van der Waals surface area contributed by atoms with E-state index in [0.717, 1.165) is 22.2 Å². The van der Waals surface area contributed by atoms with Crippen LogP contribution < -0.4 is 10.1 Å². The molecule has 3 rings (SSSR count). The molecule has 2 aromatic carbocycles. The number of benzene rings is 2. The zero-order valence-corrected chi connectivity index (χ0v) is 18.3. The molecule has 2 aromatic rings. The zero-order valence-electron chi connectivity index (χ0n) is 16.8. The van der Waals surface area contributed by atoms with Gasteiger partial charge in [0.25, 0.3) is 11.1 Å². The van der Waals surface area contributed by atoms with Crippen LogP contribution in [0.5, 0.6) is 5.75 Å². The average molecular weight is 445 g/mol. The summed E-state index contributed by atoms with van der Waals surface area (Å²) in [4.78, 5) is 38.3. The predicted molar refractivity (Wildman–Crippen MR) is 120 cm³/mol. The first kappa shape index (κ1) is 21.9. The van der Waals surface area contributed by atoms with Crippen molar-refractivity contribution in [1.29, 1.82) is 0 Å². The van der Waals surface area contributed by atoms with Crippen molar-refractivity contribution < 1.29 is 19.1 Å². The summed E-state index contributed by atoms with van der Waals surface area (Å²) in [6.07, 6.45) is 1.56. The monoisotopic (exact) mass is 444 g/mol. The van der Waals surface area contributed by atoms with Gasteiger partial charge in [0, 0.05) is 5.69 Å². The molecule has 0 bridgehead atoms. The van der Waals surface area contributed by atoms with Crippen LogP contribution in [0.4, 0.5) is 10.5 Å². The highest BCUT2D eigenvalue weighted by Crippen LogP contribution is 2.34. The first-order valence-electron chi connectivity index (χ1n) is 9.31. The van der Waals surface area contributed by atoms with Crippen LogP contribution >= 0.6 is 23.4 Å². The fourth-order valence-corrected chi connectivity index (χ4v) is 3.80. The number of imide groups is 1. The highest BCUT2D eigenvalue weighted by Gasteiger charge is 2.36. The van der Waals surface area contributed by atoms with Crippen LogP contribution in [0.3, 0.4) is 0 Å². The summed E-state index contributed by atoms with van der Waals surface area (Å²) in [5, 5.41) is 2.61. The maximum atomic E-state index is 12.6. The Hall–Kier alpha value is -2.77. The maximum absolute atomic E-state index is 12.6. The third-order valence-electron chi connectivity index (χ3n) is 4.13. The van der Waals surface area contributed by atoms with Crippen molar-refractivity contribution >= 4 is 52.2 Å². The molecule has 0 spiro atoms. The number of ether oxygens (including phenoxy) is 1. The number of anilines is 1. The second kappa shape index (κ2) is 9.36. The third-order valence-corrected chi connectivity index (χ3v) is 5.33. The first-order valence-corrected chi connectivity index (χ1v) is 10.5. The van der Waals surface area contributed by atoms with E-state index >= 15 is 0 Å². The Morgan fingerprint density at radius 1 is 1.20 bits per heavy atom. The smallest absolute Gasteiger partial charge is 0.294 e. The third kappa shape index (κ3) is 5.43. The summed E-state index contributed by atoms with van der Waals surface area (Å²) in [5.74, 6) is -0.409. The van der Waals surface area contributed by atoms with E-state index in [1.807, 2.05) is 32.9 Å². The molecular weight excluding hydrogens is 424 g/mol. The number of amides is 3. The Labute approximate surface area is 184 Å². The van der Waals surface area contributed by atoms with Gasteiger partial charge < -0.3 is 10.1 Å². The van der Waals surface area contributed by atoms with Crippen LogP contribution in [0.1, 0.15) is 25.0 Å². The Morgan fingerprint density at radius 2 is 1.90 bits per heavy atom. The number of carbonyl (C=O) groups excluding carboxylic acids is 3. The van der Waals surface area contributed by atoms with Crippen molar-refractivity contribution in [2.45, 2.75) is 26.9 Å². The number of aryl methyl sites for hydroxylation is 1. The fourth-order valence-electron chi connectivity index (χ4n) is 2.73. The van der Waals surface area contributed by atoms with Crippen molar-refractivity contribution in [2.24, 2.45) is 0 Å². The molecule has 8 heteroatoms. The Balaban J connectivity index is 1.68. The molecule has 1 fully saturated rings. The molecular formula is C22H21ClN2O4S. The van der Waals surface area contributed by atoms with E-state index in [2.05, 4.69) is 5.32 Å². The summed E-state index contributed by atoms with van der Waals surface area (Å²) in [5.41, 5.74) is 2.32. The van der Waals surface area contributed by atoms with Crippen molar-refractivity contribution in [1.82, 2.24) is 4.90 Å². The standard InChI is InChI=1S/C22H21ClN2O4S/c1-13(2)29-18-9-6-15(10-17(18)23)11-19-21(27)25(22(28)30-19)12-20(26)24-16-7-4-14(3)5-8-16/h4-11,13H,12H2,1-3H3,(H,24,26). The molecule has 1 aliphatic heterocycles. The lowest BCUT2D eigenvalue weighted by Crippen LogP contribution is -2.36. The molecule has 6 nitrogen and oxygen atoms in total. The molecule has 0 aromatic heterocycles. The van der Waals surface area contributed by atoms with Gasteiger partial charge in [-0.15, -0.1) is 0 Å². The molecule has 0 radical (unpaired) electrons. The topological polar surface area (TPSA) is 75.7 Å². The van der Waals surface area contributed by atoms with Crippen LogP contribution in [0.2, 0.25) is 5.02 Å². The van der Waals surface area contributed by atoms with E-state index in [1.54, 1.807) is 36.4 Å². The highest BCUT2D eigenvalue weighted by atomic mass is 35.5. The van der Waals surface area contributed by atoms with Crippen LogP contribution in [-0.2, 0) is 9.59 Å². The minimum Gasteiger partial charge on any atom is -0.489 e. The van der Waals surface area contributed by atoms with Gasteiger partial charge in [0.05, 0.1) is 16.0 Å². The lowest BCUT2D eigenvalue weighted by molar-refractivity contribution is -0.127. The predicted octanol–water partition coefficient (Wildman–Crippen LogP) is 5.11. The van der Waals surface area contributed by atoms with E-state index in [0.29, 0.717) is 22.0 Å². The van der Waals surface area contributed by atoms with Gasteiger partial charge >= 0.3 is 0 Å². The molecule has 1 aliphatic rings. The fraction of sp³-hybridized carbons (Fsp3) is 0.227. The second-order valence-corrected chi connectivity index (χ2v) is 8.44. The quantitative estimate of drug-likeness (QED) is 0.626. The summed E-state index contributed by atoms with van der Waals surface area (Å²) >= 11 is 7.02. The molecule has 156 valence electrons. The number of halogens is 1. The minimum atomic E-state index is -0.511. The lowest BCUT2D eigenvalue weighted by Gasteiger charge is -2.12. The molecule has 0 atom stereocenters. The molecule has 1 heterocycles. The van der Waals surface area contributed by atoms with Gasteiger partial charge in [-0.3, -0.25) is 19.3 Å². The van der Waals surface area contributed by atoms with Crippen molar-refractivity contribution in [2.75, 3.05) is 11.9 Å². The number of hydrogen-bond donors (Lipinski definition) is 1. The van der Waals surface area contributed by atoms with E-state index in [1.165, 1.54) is 0 Å². The van der Waals surface area contributed by atoms with Crippen molar-refractivity contribution in [3.63, 3.8) is 0 Å². The molecule has 1 saturated heterocycles. The van der Waals surface area contributed by atoms with E-state index in [9.17, 15) is 14.4 Å².